The highest BCUT2D eigenvalue weighted by Crippen LogP contribution is 2.36. The molecule has 3 rings (SSSR count). The van der Waals surface area contributed by atoms with Gasteiger partial charge in [0.25, 0.3) is 0 Å². The third-order valence-electron chi connectivity index (χ3n) is 4.07. The number of ether oxygens (including phenoxy) is 2. The molecule has 140 valence electrons. The van der Waals surface area contributed by atoms with E-state index in [0.717, 1.165) is 22.6 Å². The molecule has 3 aromatic rings. The van der Waals surface area contributed by atoms with Gasteiger partial charge in [-0.25, -0.2) is 4.98 Å². The van der Waals surface area contributed by atoms with Gasteiger partial charge in [-0.1, -0.05) is 17.7 Å². The fourth-order valence-corrected chi connectivity index (χ4v) is 3.02. The second-order valence-electron chi connectivity index (χ2n) is 5.92. The van der Waals surface area contributed by atoms with Crippen molar-refractivity contribution in [1.29, 1.82) is 0 Å². The van der Waals surface area contributed by atoms with Crippen LogP contribution in [0.5, 0.6) is 11.5 Å². The SMILES string of the molecule is COc1cc(/C=C/C(=O)NCc2cn3c(C)cccc3n2)cc(Cl)c1OC. The molecule has 1 N–H and O–H groups in total. The zero-order valence-corrected chi connectivity index (χ0v) is 16.1. The molecular weight excluding hydrogens is 366 g/mol. The monoisotopic (exact) mass is 385 g/mol. The molecule has 1 amide bonds. The Bertz CT molecular complexity index is 1010. The molecular formula is C20H20ClN3O3. The lowest BCUT2D eigenvalue weighted by molar-refractivity contribution is -0.116. The van der Waals surface area contributed by atoms with Crippen LogP contribution in [0.3, 0.4) is 0 Å². The number of hydrogen-bond acceptors (Lipinski definition) is 4. The summed E-state index contributed by atoms with van der Waals surface area (Å²) >= 11 is 6.17. The largest absolute Gasteiger partial charge is 0.493 e. The molecule has 0 radical (unpaired) electrons. The third-order valence-corrected chi connectivity index (χ3v) is 4.35. The number of nitrogens with one attached hydrogen (secondary N) is 1. The van der Waals surface area contributed by atoms with Crippen molar-refractivity contribution in [2.24, 2.45) is 0 Å². The topological polar surface area (TPSA) is 64.9 Å². The summed E-state index contributed by atoms with van der Waals surface area (Å²) in [5.41, 5.74) is 3.47. The molecule has 0 aliphatic carbocycles. The maximum absolute atomic E-state index is 12.1. The van der Waals surface area contributed by atoms with Crippen molar-refractivity contribution >= 4 is 29.2 Å². The van der Waals surface area contributed by atoms with Crippen LogP contribution in [0.15, 0.2) is 42.6 Å². The predicted octanol–water partition coefficient (Wildman–Crippen LogP) is 3.64. The van der Waals surface area contributed by atoms with Gasteiger partial charge >= 0.3 is 0 Å². The minimum absolute atomic E-state index is 0.227. The normalized spacial score (nSPS) is 11.1. The van der Waals surface area contributed by atoms with Gasteiger partial charge in [0.05, 0.1) is 31.5 Å². The second-order valence-corrected chi connectivity index (χ2v) is 6.32. The van der Waals surface area contributed by atoms with Crippen molar-refractivity contribution in [2.75, 3.05) is 14.2 Å². The summed E-state index contributed by atoms with van der Waals surface area (Å²) in [7, 11) is 3.05. The average Bonchev–Trinajstić information content (AvgIpc) is 3.08. The van der Waals surface area contributed by atoms with Gasteiger partial charge in [0.15, 0.2) is 11.5 Å². The van der Waals surface area contributed by atoms with E-state index in [-0.39, 0.29) is 5.91 Å². The Kier molecular flexibility index (Phi) is 5.66. The van der Waals surface area contributed by atoms with Crippen molar-refractivity contribution in [3.05, 3.63) is 64.6 Å². The zero-order chi connectivity index (χ0) is 19.4. The summed E-state index contributed by atoms with van der Waals surface area (Å²) in [6.45, 7) is 2.35. The number of carbonyl (C=O) groups excluding carboxylic acids is 1. The average molecular weight is 386 g/mol. The molecule has 7 heteroatoms. The molecule has 0 aliphatic rings. The molecule has 0 saturated heterocycles. The Hall–Kier alpha value is -2.99. The Morgan fingerprint density at radius 1 is 1.30 bits per heavy atom. The van der Waals surface area contributed by atoms with E-state index in [0.29, 0.717) is 23.1 Å². The number of carbonyl (C=O) groups is 1. The van der Waals surface area contributed by atoms with Gasteiger partial charge in [0.1, 0.15) is 5.65 Å². The van der Waals surface area contributed by atoms with E-state index in [1.807, 2.05) is 35.7 Å². The highest BCUT2D eigenvalue weighted by molar-refractivity contribution is 6.32. The Morgan fingerprint density at radius 3 is 2.81 bits per heavy atom. The lowest BCUT2D eigenvalue weighted by atomic mass is 10.2. The smallest absolute Gasteiger partial charge is 0.244 e. The van der Waals surface area contributed by atoms with Crippen LogP contribution in [-0.2, 0) is 11.3 Å². The third kappa shape index (κ3) is 4.23. The van der Waals surface area contributed by atoms with Gasteiger partial charge in [-0.2, -0.15) is 0 Å². The quantitative estimate of drug-likeness (QED) is 0.658. The number of halogens is 1. The van der Waals surface area contributed by atoms with Crippen molar-refractivity contribution in [3.8, 4) is 11.5 Å². The first-order chi connectivity index (χ1) is 13.0. The molecule has 0 bridgehead atoms. The van der Waals surface area contributed by atoms with Gasteiger partial charge in [0, 0.05) is 18.0 Å². The first kappa shape index (κ1) is 18.8. The number of pyridine rings is 1. The van der Waals surface area contributed by atoms with Gasteiger partial charge < -0.3 is 19.2 Å². The number of hydrogen-bond donors (Lipinski definition) is 1. The number of aromatic nitrogens is 2. The molecule has 6 nitrogen and oxygen atoms in total. The fourth-order valence-electron chi connectivity index (χ4n) is 2.73. The van der Waals surface area contributed by atoms with Gasteiger partial charge in [0.2, 0.25) is 5.91 Å². The van der Waals surface area contributed by atoms with Crippen LogP contribution >= 0.6 is 11.6 Å². The van der Waals surface area contributed by atoms with Crippen molar-refractivity contribution in [1.82, 2.24) is 14.7 Å². The first-order valence-corrected chi connectivity index (χ1v) is 8.70. The van der Waals surface area contributed by atoms with Crippen molar-refractivity contribution in [2.45, 2.75) is 13.5 Å². The summed E-state index contributed by atoms with van der Waals surface area (Å²) in [4.78, 5) is 16.6. The van der Waals surface area contributed by atoms with Crippen LogP contribution in [-0.4, -0.2) is 29.5 Å². The summed E-state index contributed by atoms with van der Waals surface area (Å²) < 4.78 is 12.4. The molecule has 0 spiro atoms. The Labute approximate surface area is 162 Å². The van der Waals surface area contributed by atoms with E-state index in [2.05, 4.69) is 10.3 Å². The lowest BCUT2D eigenvalue weighted by Crippen LogP contribution is -2.20. The van der Waals surface area contributed by atoms with Crippen molar-refractivity contribution < 1.29 is 14.3 Å². The highest BCUT2D eigenvalue weighted by atomic mass is 35.5. The molecule has 0 aliphatic heterocycles. The number of fused-ring (bicyclic) bond motifs is 1. The number of rotatable bonds is 6. The zero-order valence-electron chi connectivity index (χ0n) is 15.3. The summed E-state index contributed by atoms with van der Waals surface area (Å²) in [6, 6.07) is 9.35. The Balaban J connectivity index is 1.66. The van der Waals surface area contributed by atoms with Crippen LogP contribution < -0.4 is 14.8 Å². The van der Waals surface area contributed by atoms with E-state index < -0.39 is 0 Å². The van der Waals surface area contributed by atoms with E-state index in [4.69, 9.17) is 21.1 Å². The molecule has 0 unspecified atom stereocenters. The maximum Gasteiger partial charge on any atom is 0.244 e. The molecule has 0 atom stereocenters. The van der Waals surface area contributed by atoms with E-state index in [1.54, 1.807) is 18.2 Å². The van der Waals surface area contributed by atoms with Gasteiger partial charge in [-0.05, 0) is 42.8 Å². The highest BCUT2D eigenvalue weighted by Gasteiger charge is 2.10. The number of amides is 1. The van der Waals surface area contributed by atoms with E-state index in [1.165, 1.54) is 20.3 Å². The number of imidazole rings is 1. The van der Waals surface area contributed by atoms with Crippen LogP contribution in [0.25, 0.3) is 11.7 Å². The summed E-state index contributed by atoms with van der Waals surface area (Å²) in [5.74, 6) is 0.739. The predicted molar refractivity (Wildman–Crippen MR) is 105 cm³/mol. The molecule has 2 aromatic heterocycles. The molecule has 1 aromatic carbocycles. The minimum atomic E-state index is -0.227. The van der Waals surface area contributed by atoms with Gasteiger partial charge in [-0.3, -0.25) is 4.79 Å². The first-order valence-electron chi connectivity index (χ1n) is 8.33. The van der Waals surface area contributed by atoms with E-state index >= 15 is 0 Å². The van der Waals surface area contributed by atoms with Crippen LogP contribution in [0.1, 0.15) is 17.0 Å². The van der Waals surface area contributed by atoms with Crippen LogP contribution in [0, 0.1) is 6.92 Å². The maximum atomic E-state index is 12.1. The molecule has 2 heterocycles. The molecule has 0 saturated carbocycles. The van der Waals surface area contributed by atoms with E-state index in [9.17, 15) is 4.79 Å². The minimum Gasteiger partial charge on any atom is -0.493 e. The second kappa shape index (κ2) is 8.14. The number of nitrogens with zero attached hydrogens (tertiary/aromatic N) is 2. The standard InChI is InChI=1S/C20H20ClN3O3/c1-13-5-4-6-18-23-15(12-24(13)18)11-22-19(25)8-7-14-9-16(21)20(27-3)17(10-14)26-2/h4-10,12H,11H2,1-3H3,(H,22,25)/b8-7+. The summed E-state index contributed by atoms with van der Waals surface area (Å²) in [5, 5.41) is 3.24. The lowest BCUT2D eigenvalue weighted by Gasteiger charge is -2.10. The number of aryl methyl sites for hydroxylation is 1. The Morgan fingerprint density at radius 2 is 2.11 bits per heavy atom. The van der Waals surface area contributed by atoms with Gasteiger partial charge in [-0.15, -0.1) is 0 Å². The molecule has 0 fully saturated rings. The summed E-state index contributed by atoms with van der Waals surface area (Å²) in [6.07, 6.45) is 5.03. The van der Waals surface area contributed by atoms with Crippen LogP contribution in [0.4, 0.5) is 0 Å². The fraction of sp³-hybridized carbons (Fsp3) is 0.200. The number of methoxy groups -OCH3 is 2. The van der Waals surface area contributed by atoms with Crippen LogP contribution in [0.2, 0.25) is 5.02 Å². The van der Waals surface area contributed by atoms with Crippen molar-refractivity contribution in [3.63, 3.8) is 0 Å². The molecule has 27 heavy (non-hydrogen) atoms. The number of benzene rings is 1.